The van der Waals surface area contributed by atoms with Gasteiger partial charge in [0.05, 0.1) is 26.4 Å². The minimum Gasteiger partial charge on any atom is -0.481 e. The number of esters is 1. The standard InChI is InChI=1S/C41H44N8O14/c1-62-40(60)29(12-6-7-17-43-36(56)22-13-15-23(16-14-22)48-49-42)44-37(57)30(18-33(50)51)45-38(58)31(19-34(52)53)46-39(59)32(20-35(54)55)47-41(61)63-21-28-26-10-4-2-8-24(26)25-9-3-5-11-27(25)28/h2-5,8-11,13-16,28-32H,6-7,12,17-21H2,1H3,(H,43,56)(H,44,57)(H,45,58)(H,46,59)(H,47,61)(H,50,51)(H,52,53)(H,54,55). The number of carboxylic acids is 3. The molecule has 0 aliphatic heterocycles. The number of carbonyl (C=O) groups excluding carboxylic acids is 6. The van der Waals surface area contributed by atoms with Gasteiger partial charge in [-0.05, 0) is 59.2 Å². The number of hydrogen-bond donors (Lipinski definition) is 8. The zero-order valence-electron chi connectivity index (χ0n) is 33.6. The van der Waals surface area contributed by atoms with Crippen LogP contribution in [0.15, 0.2) is 77.9 Å². The molecule has 22 heteroatoms. The zero-order chi connectivity index (χ0) is 46.1. The fourth-order valence-electron chi connectivity index (χ4n) is 6.65. The second-order valence-electron chi connectivity index (χ2n) is 14.0. The van der Waals surface area contributed by atoms with Crippen LogP contribution in [0.3, 0.4) is 0 Å². The first-order chi connectivity index (χ1) is 30.1. The number of ether oxygens (including phenoxy) is 2. The molecule has 3 aromatic carbocycles. The van der Waals surface area contributed by atoms with E-state index in [0.29, 0.717) is 12.1 Å². The summed E-state index contributed by atoms with van der Waals surface area (Å²) in [5.74, 6) is -10.4. The Labute approximate surface area is 358 Å². The van der Waals surface area contributed by atoms with Crippen molar-refractivity contribution < 1.29 is 67.9 Å². The lowest BCUT2D eigenvalue weighted by Crippen LogP contribution is -2.58. The molecule has 3 aromatic rings. The van der Waals surface area contributed by atoms with E-state index in [-0.39, 0.29) is 37.5 Å². The van der Waals surface area contributed by atoms with Crippen molar-refractivity contribution in [2.45, 2.75) is 68.6 Å². The molecule has 0 saturated carbocycles. The smallest absolute Gasteiger partial charge is 0.407 e. The number of rotatable bonds is 23. The summed E-state index contributed by atoms with van der Waals surface area (Å²) in [6, 6.07) is 13.5. The van der Waals surface area contributed by atoms with E-state index >= 15 is 0 Å². The minimum atomic E-state index is -2.03. The van der Waals surface area contributed by atoms with E-state index in [9.17, 15) is 58.5 Å². The predicted octanol–water partition coefficient (Wildman–Crippen LogP) is 2.49. The summed E-state index contributed by atoms with van der Waals surface area (Å²) >= 11 is 0. The van der Waals surface area contributed by atoms with Crippen LogP contribution in [0.1, 0.15) is 65.9 Å². The van der Waals surface area contributed by atoms with E-state index in [0.717, 1.165) is 29.4 Å². The van der Waals surface area contributed by atoms with Crippen LogP contribution in [0.2, 0.25) is 0 Å². The molecule has 0 spiro atoms. The van der Waals surface area contributed by atoms with Gasteiger partial charge < -0.3 is 51.4 Å². The lowest BCUT2D eigenvalue weighted by atomic mass is 9.98. The van der Waals surface area contributed by atoms with E-state index < -0.39 is 97.0 Å². The van der Waals surface area contributed by atoms with Crippen LogP contribution >= 0.6 is 0 Å². The van der Waals surface area contributed by atoms with Gasteiger partial charge in [-0.3, -0.25) is 33.6 Å². The first-order valence-corrected chi connectivity index (χ1v) is 19.3. The first-order valence-electron chi connectivity index (χ1n) is 19.3. The molecule has 0 bridgehead atoms. The summed E-state index contributed by atoms with van der Waals surface area (Å²) < 4.78 is 10.2. The second kappa shape index (κ2) is 23.1. The fourth-order valence-corrected chi connectivity index (χ4v) is 6.65. The maximum Gasteiger partial charge on any atom is 0.407 e. The molecule has 332 valence electrons. The molecule has 63 heavy (non-hydrogen) atoms. The molecule has 0 radical (unpaired) electrons. The van der Waals surface area contributed by atoms with Crippen molar-refractivity contribution in [3.8, 4) is 11.1 Å². The van der Waals surface area contributed by atoms with Crippen LogP contribution in [0.4, 0.5) is 10.5 Å². The summed E-state index contributed by atoms with van der Waals surface area (Å²) in [5, 5.41) is 43.2. The topological polar surface area (TPSA) is 342 Å². The van der Waals surface area contributed by atoms with E-state index in [4.69, 9.17) is 15.0 Å². The average Bonchev–Trinajstić information content (AvgIpc) is 3.57. The summed E-state index contributed by atoms with van der Waals surface area (Å²) in [4.78, 5) is 116. The van der Waals surface area contributed by atoms with Crippen molar-refractivity contribution in [3.63, 3.8) is 0 Å². The van der Waals surface area contributed by atoms with Gasteiger partial charge in [0.25, 0.3) is 5.91 Å². The van der Waals surface area contributed by atoms with Crippen LogP contribution in [0.5, 0.6) is 0 Å². The number of nitrogens with zero attached hydrogens (tertiary/aromatic N) is 3. The number of benzene rings is 3. The zero-order valence-corrected chi connectivity index (χ0v) is 33.6. The second-order valence-corrected chi connectivity index (χ2v) is 14.0. The highest BCUT2D eigenvalue weighted by Gasteiger charge is 2.35. The number of carboxylic acid groups (broad SMARTS) is 3. The lowest BCUT2D eigenvalue weighted by Gasteiger charge is -2.25. The van der Waals surface area contributed by atoms with Gasteiger partial charge in [-0.1, -0.05) is 65.8 Å². The third-order valence-electron chi connectivity index (χ3n) is 9.65. The highest BCUT2D eigenvalue weighted by atomic mass is 16.5. The fraction of sp³-hybridized carbons (Fsp3) is 0.341. The lowest BCUT2D eigenvalue weighted by molar-refractivity contribution is -0.146. The third kappa shape index (κ3) is 14.0. The number of carbonyl (C=O) groups is 9. The Balaban J connectivity index is 1.37. The number of nitrogens with one attached hydrogen (secondary N) is 5. The SMILES string of the molecule is COC(=O)C(CCCCNC(=O)c1ccc(N=[N+]=[N-])cc1)NC(=O)C(CC(=O)O)NC(=O)C(CC(=O)O)NC(=O)C(CC(=O)O)NC(=O)OCC1c2ccccc2-c2ccccc21. The quantitative estimate of drug-likeness (QED) is 0.0223. The van der Waals surface area contributed by atoms with Gasteiger partial charge in [-0.2, -0.15) is 0 Å². The van der Waals surface area contributed by atoms with Crippen molar-refractivity contribution in [1.29, 1.82) is 0 Å². The number of hydrogen-bond acceptors (Lipinski definition) is 12. The first kappa shape index (κ1) is 47.7. The van der Waals surface area contributed by atoms with E-state index in [1.54, 1.807) is 0 Å². The van der Waals surface area contributed by atoms with Gasteiger partial charge >= 0.3 is 30.0 Å². The van der Waals surface area contributed by atoms with Crippen molar-refractivity contribution in [1.82, 2.24) is 26.6 Å². The Morgan fingerprint density at radius 3 is 1.62 bits per heavy atom. The van der Waals surface area contributed by atoms with Crippen molar-refractivity contribution in [3.05, 3.63) is 99.9 Å². The molecule has 4 rings (SSSR count). The van der Waals surface area contributed by atoms with Crippen LogP contribution in [0.25, 0.3) is 21.6 Å². The number of aliphatic carboxylic acids is 3. The molecular formula is C41H44N8O14. The number of fused-ring (bicyclic) bond motifs is 3. The van der Waals surface area contributed by atoms with E-state index in [1.165, 1.54) is 24.3 Å². The monoisotopic (exact) mass is 872 g/mol. The Bertz CT molecular complexity index is 2220. The molecule has 0 aromatic heterocycles. The van der Waals surface area contributed by atoms with Gasteiger partial charge in [-0.25, -0.2) is 9.59 Å². The summed E-state index contributed by atoms with van der Waals surface area (Å²) in [7, 11) is 1.03. The number of alkyl carbamates (subject to hydrolysis) is 1. The van der Waals surface area contributed by atoms with Crippen molar-refractivity contribution in [2.75, 3.05) is 20.3 Å². The highest BCUT2D eigenvalue weighted by Crippen LogP contribution is 2.44. The molecule has 1 aliphatic carbocycles. The van der Waals surface area contributed by atoms with Crippen LogP contribution < -0.4 is 26.6 Å². The molecule has 4 atom stereocenters. The maximum absolute atomic E-state index is 13.4. The summed E-state index contributed by atoms with van der Waals surface area (Å²) in [6.45, 7) is -0.0620. The highest BCUT2D eigenvalue weighted by molar-refractivity contribution is 5.98. The van der Waals surface area contributed by atoms with E-state index in [2.05, 4.69) is 31.3 Å². The summed E-state index contributed by atoms with van der Waals surface area (Å²) in [5.41, 5.74) is 12.7. The molecule has 0 saturated heterocycles. The van der Waals surface area contributed by atoms with Crippen molar-refractivity contribution >= 4 is 59.3 Å². The van der Waals surface area contributed by atoms with Gasteiger partial charge in [0.1, 0.15) is 30.8 Å². The molecule has 0 fully saturated rings. The number of unbranched alkanes of at least 4 members (excludes halogenated alkanes) is 1. The molecule has 1 aliphatic rings. The Kier molecular flexibility index (Phi) is 17.5. The largest absolute Gasteiger partial charge is 0.481 e. The van der Waals surface area contributed by atoms with Gasteiger partial charge in [0, 0.05) is 28.6 Å². The van der Waals surface area contributed by atoms with E-state index in [1.807, 2.05) is 53.8 Å². The number of amides is 5. The normalized spacial score (nSPS) is 13.2. The minimum absolute atomic E-state index is 0.0672. The van der Waals surface area contributed by atoms with Crippen LogP contribution in [-0.4, -0.2) is 113 Å². The van der Waals surface area contributed by atoms with Gasteiger partial charge in [0.2, 0.25) is 17.7 Å². The molecule has 5 amide bonds. The van der Waals surface area contributed by atoms with Crippen molar-refractivity contribution in [2.24, 2.45) is 5.11 Å². The maximum atomic E-state index is 13.4. The molecular weight excluding hydrogens is 828 g/mol. The molecule has 4 unspecified atom stereocenters. The number of azide groups is 1. The van der Waals surface area contributed by atoms with Gasteiger partial charge in [0.15, 0.2) is 0 Å². The third-order valence-corrected chi connectivity index (χ3v) is 9.65. The Morgan fingerprint density at radius 1 is 0.667 bits per heavy atom. The van der Waals surface area contributed by atoms with Crippen LogP contribution in [0, 0.1) is 0 Å². The number of methoxy groups -OCH3 is 1. The predicted molar refractivity (Wildman–Crippen MR) is 218 cm³/mol. The molecule has 22 nitrogen and oxygen atoms in total. The molecule has 0 heterocycles. The summed E-state index contributed by atoms with van der Waals surface area (Å²) in [6.07, 6.45) is -3.97. The average molecular weight is 873 g/mol. The molecule has 8 N–H and O–H groups in total. The van der Waals surface area contributed by atoms with Gasteiger partial charge in [-0.15, -0.1) is 0 Å². The Morgan fingerprint density at radius 2 is 1.14 bits per heavy atom. The Hall–Kier alpha value is -8.00. The van der Waals surface area contributed by atoms with Crippen LogP contribution in [-0.2, 0) is 43.0 Å².